The van der Waals surface area contributed by atoms with Crippen molar-refractivity contribution in [3.05, 3.63) is 125 Å². The summed E-state index contributed by atoms with van der Waals surface area (Å²) in [4.78, 5) is 29.7. The Labute approximate surface area is 270 Å². The summed E-state index contributed by atoms with van der Waals surface area (Å²) in [6, 6.07) is 28.5. The highest BCUT2D eigenvalue weighted by Gasteiger charge is 2.34. The number of ether oxygens (including phenoxy) is 1. The van der Waals surface area contributed by atoms with Gasteiger partial charge < -0.3 is 15.0 Å². The fraction of sp³-hybridized carbons (Fsp3) is 0.257. The van der Waals surface area contributed by atoms with E-state index in [1.165, 1.54) is 24.1 Å². The van der Waals surface area contributed by atoms with Crippen LogP contribution in [0.15, 0.2) is 108 Å². The SMILES string of the molecule is CCCNC(=O)[C@@H](Cc1ccccc1)N(Cc1ccc(Cl)cc1)C(=O)CN(c1cccc(OC)c1)S(=O)(=O)c1ccc(C)cc1. The minimum Gasteiger partial charge on any atom is -0.497 e. The van der Waals surface area contributed by atoms with Crippen LogP contribution in [0.4, 0.5) is 5.69 Å². The van der Waals surface area contributed by atoms with E-state index in [2.05, 4.69) is 5.32 Å². The number of amides is 2. The van der Waals surface area contributed by atoms with E-state index in [0.29, 0.717) is 23.7 Å². The lowest BCUT2D eigenvalue weighted by Gasteiger charge is -2.34. The first kappa shape index (κ1) is 33.6. The molecule has 10 heteroatoms. The van der Waals surface area contributed by atoms with Crippen LogP contribution in [0.1, 0.15) is 30.0 Å². The van der Waals surface area contributed by atoms with Crippen molar-refractivity contribution < 1.29 is 22.7 Å². The number of nitrogens with one attached hydrogen (secondary N) is 1. The molecular weight excluding hydrogens is 610 g/mol. The number of carbonyl (C=O) groups is 2. The molecule has 4 rings (SSSR count). The predicted molar refractivity (Wildman–Crippen MR) is 178 cm³/mol. The summed E-state index contributed by atoms with van der Waals surface area (Å²) in [5.74, 6) is -0.434. The molecule has 0 saturated heterocycles. The Bertz CT molecular complexity index is 1680. The number of halogens is 1. The van der Waals surface area contributed by atoms with Crippen molar-refractivity contribution in [2.45, 2.75) is 44.2 Å². The lowest BCUT2D eigenvalue weighted by Crippen LogP contribution is -2.53. The van der Waals surface area contributed by atoms with Crippen molar-refractivity contribution >= 4 is 39.1 Å². The molecule has 4 aromatic rings. The Hall–Kier alpha value is -4.34. The van der Waals surface area contributed by atoms with Gasteiger partial charge >= 0.3 is 0 Å². The van der Waals surface area contributed by atoms with Gasteiger partial charge in [-0.05, 0) is 60.9 Å². The summed E-state index contributed by atoms with van der Waals surface area (Å²) >= 11 is 6.14. The van der Waals surface area contributed by atoms with Gasteiger partial charge in [-0.15, -0.1) is 0 Å². The number of benzene rings is 4. The summed E-state index contributed by atoms with van der Waals surface area (Å²) in [6.45, 7) is 3.76. The van der Waals surface area contributed by atoms with Crippen LogP contribution >= 0.6 is 11.6 Å². The molecule has 8 nitrogen and oxygen atoms in total. The molecule has 0 radical (unpaired) electrons. The molecule has 2 amide bonds. The molecule has 0 saturated carbocycles. The van der Waals surface area contributed by atoms with E-state index in [-0.39, 0.29) is 29.5 Å². The Morgan fingerprint density at radius 3 is 2.22 bits per heavy atom. The molecule has 4 aromatic carbocycles. The Morgan fingerprint density at radius 1 is 0.889 bits per heavy atom. The van der Waals surface area contributed by atoms with Crippen LogP contribution in [0.3, 0.4) is 0 Å². The maximum atomic E-state index is 14.5. The van der Waals surface area contributed by atoms with Gasteiger partial charge in [0.15, 0.2) is 0 Å². The maximum absolute atomic E-state index is 14.5. The van der Waals surface area contributed by atoms with E-state index in [0.717, 1.165) is 21.0 Å². The number of methoxy groups -OCH3 is 1. The van der Waals surface area contributed by atoms with Gasteiger partial charge in [0, 0.05) is 30.6 Å². The lowest BCUT2D eigenvalue weighted by molar-refractivity contribution is -0.140. The van der Waals surface area contributed by atoms with Gasteiger partial charge in [0.2, 0.25) is 11.8 Å². The summed E-state index contributed by atoms with van der Waals surface area (Å²) in [5, 5.41) is 3.48. The van der Waals surface area contributed by atoms with Gasteiger partial charge in [0.25, 0.3) is 10.0 Å². The molecule has 0 aliphatic carbocycles. The van der Waals surface area contributed by atoms with Gasteiger partial charge in [-0.3, -0.25) is 13.9 Å². The molecule has 0 bridgehead atoms. The standard InChI is InChI=1S/C35H38ClN3O5S/c1-4-21-37-35(41)33(22-27-9-6-5-7-10-27)38(24-28-15-17-29(36)18-16-28)34(40)25-39(30-11-8-12-31(23-30)44-3)45(42,43)32-19-13-26(2)14-20-32/h5-20,23,33H,4,21-22,24-25H2,1-3H3,(H,37,41)/t33-/m1/s1. The monoisotopic (exact) mass is 647 g/mol. The molecule has 1 N–H and O–H groups in total. The summed E-state index contributed by atoms with van der Waals surface area (Å²) in [7, 11) is -2.72. The van der Waals surface area contributed by atoms with Crippen LogP contribution in [0.2, 0.25) is 5.02 Å². The molecule has 1 atom stereocenters. The van der Waals surface area contributed by atoms with Crippen LogP contribution in [0.5, 0.6) is 5.75 Å². The molecule has 0 aromatic heterocycles. The number of nitrogens with zero attached hydrogens (tertiary/aromatic N) is 2. The van der Waals surface area contributed by atoms with Crippen LogP contribution < -0.4 is 14.4 Å². The Morgan fingerprint density at radius 2 is 1.58 bits per heavy atom. The zero-order valence-electron chi connectivity index (χ0n) is 25.6. The first-order valence-corrected chi connectivity index (χ1v) is 16.5. The number of hydrogen-bond donors (Lipinski definition) is 1. The van der Waals surface area contributed by atoms with Gasteiger partial charge in [-0.1, -0.05) is 84.8 Å². The fourth-order valence-electron chi connectivity index (χ4n) is 4.84. The minimum atomic E-state index is -4.21. The summed E-state index contributed by atoms with van der Waals surface area (Å²) < 4.78 is 34.8. The fourth-order valence-corrected chi connectivity index (χ4v) is 6.37. The Kier molecular flexibility index (Phi) is 11.6. The number of hydrogen-bond acceptors (Lipinski definition) is 5. The Balaban J connectivity index is 1.80. The molecule has 236 valence electrons. The first-order chi connectivity index (χ1) is 21.6. The highest BCUT2D eigenvalue weighted by Crippen LogP contribution is 2.28. The van der Waals surface area contributed by atoms with Crippen LogP contribution in [-0.2, 0) is 32.6 Å². The number of aryl methyl sites for hydroxylation is 1. The normalized spacial score (nSPS) is 11.8. The number of anilines is 1. The predicted octanol–water partition coefficient (Wildman–Crippen LogP) is 6.02. The molecule has 0 fully saturated rings. The molecule has 0 unspecified atom stereocenters. The van der Waals surface area contributed by atoms with Crippen molar-refractivity contribution in [1.82, 2.24) is 10.2 Å². The van der Waals surface area contributed by atoms with E-state index in [1.54, 1.807) is 60.7 Å². The molecule has 0 aliphatic rings. The van der Waals surface area contributed by atoms with Crippen molar-refractivity contribution in [3.8, 4) is 5.75 Å². The van der Waals surface area contributed by atoms with Crippen molar-refractivity contribution in [3.63, 3.8) is 0 Å². The van der Waals surface area contributed by atoms with E-state index >= 15 is 0 Å². The highest BCUT2D eigenvalue weighted by molar-refractivity contribution is 7.92. The third-order valence-electron chi connectivity index (χ3n) is 7.32. The third-order valence-corrected chi connectivity index (χ3v) is 9.36. The maximum Gasteiger partial charge on any atom is 0.264 e. The smallest absolute Gasteiger partial charge is 0.264 e. The molecular formula is C35H38ClN3O5S. The largest absolute Gasteiger partial charge is 0.497 e. The van der Waals surface area contributed by atoms with Crippen LogP contribution in [-0.4, -0.2) is 51.4 Å². The minimum absolute atomic E-state index is 0.0366. The molecule has 0 spiro atoms. The van der Waals surface area contributed by atoms with E-state index in [9.17, 15) is 18.0 Å². The summed E-state index contributed by atoms with van der Waals surface area (Å²) in [5.41, 5.74) is 2.75. The molecule has 45 heavy (non-hydrogen) atoms. The lowest BCUT2D eigenvalue weighted by atomic mass is 10.0. The molecule has 0 heterocycles. The second-order valence-electron chi connectivity index (χ2n) is 10.7. The van der Waals surface area contributed by atoms with E-state index in [4.69, 9.17) is 16.3 Å². The average molecular weight is 648 g/mol. The topological polar surface area (TPSA) is 96.0 Å². The zero-order valence-corrected chi connectivity index (χ0v) is 27.2. The van der Waals surface area contributed by atoms with E-state index in [1.807, 2.05) is 44.2 Å². The highest BCUT2D eigenvalue weighted by atomic mass is 35.5. The number of rotatable bonds is 14. The van der Waals surface area contributed by atoms with Gasteiger partial charge in [-0.25, -0.2) is 8.42 Å². The van der Waals surface area contributed by atoms with Crippen molar-refractivity contribution in [2.24, 2.45) is 0 Å². The quantitative estimate of drug-likeness (QED) is 0.181. The second-order valence-corrected chi connectivity index (χ2v) is 13.0. The van der Waals surface area contributed by atoms with Gasteiger partial charge in [0.1, 0.15) is 18.3 Å². The van der Waals surface area contributed by atoms with E-state index < -0.39 is 28.5 Å². The van der Waals surface area contributed by atoms with Gasteiger partial charge in [-0.2, -0.15) is 0 Å². The molecule has 0 aliphatic heterocycles. The van der Waals surface area contributed by atoms with Crippen LogP contribution in [0, 0.1) is 6.92 Å². The van der Waals surface area contributed by atoms with Crippen molar-refractivity contribution in [2.75, 3.05) is 24.5 Å². The summed E-state index contributed by atoms with van der Waals surface area (Å²) in [6.07, 6.45) is 0.951. The zero-order chi connectivity index (χ0) is 32.4. The van der Waals surface area contributed by atoms with Crippen LogP contribution in [0.25, 0.3) is 0 Å². The average Bonchev–Trinajstić information content (AvgIpc) is 3.05. The third kappa shape index (κ3) is 8.86. The number of carbonyl (C=O) groups excluding carboxylic acids is 2. The second kappa shape index (κ2) is 15.6. The number of sulfonamides is 1. The van der Waals surface area contributed by atoms with Crippen molar-refractivity contribution in [1.29, 1.82) is 0 Å². The van der Waals surface area contributed by atoms with Gasteiger partial charge in [0.05, 0.1) is 17.7 Å². The first-order valence-electron chi connectivity index (χ1n) is 14.7.